The van der Waals surface area contributed by atoms with Crippen LogP contribution in [0.5, 0.6) is 0 Å². The van der Waals surface area contributed by atoms with E-state index in [9.17, 15) is 9.90 Å². The summed E-state index contributed by atoms with van der Waals surface area (Å²) in [5, 5.41) is 9.38. The number of carboxylic acid groups (broad SMARTS) is 1. The first-order chi connectivity index (χ1) is 8.61. The Hall–Kier alpha value is -2.23. The summed E-state index contributed by atoms with van der Waals surface area (Å²) >= 11 is 0. The minimum Gasteiger partial charge on any atom is -0.478 e. The molecule has 0 saturated heterocycles. The van der Waals surface area contributed by atoms with Gasteiger partial charge in [-0.25, -0.2) is 14.8 Å². The molecule has 1 aromatic carbocycles. The molecule has 0 bridgehead atoms. The zero-order chi connectivity index (χ0) is 13.1. The van der Waals surface area contributed by atoms with Gasteiger partial charge in [-0.15, -0.1) is 0 Å². The van der Waals surface area contributed by atoms with Gasteiger partial charge in [0, 0.05) is 5.56 Å². The van der Waals surface area contributed by atoms with Crippen molar-refractivity contribution in [3.63, 3.8) is 0 Å². The molecule has 0 aliphatic carbocycles. The lowest BCUT2D eigenvalue weighted by Gasteiger charge is -2.12. The number of carboxylic acids is 1. The van der Waals surface area contributed by atoms with Crippen molar-refractivity contribution in [2.75, 3.05) is 0 Å². The van der Waals surface area contributed by atoms with E-state index in [1.165, 1.54) is 6.33 Å². The molecule has 0 amide bonds. The second kappa shape index (κ2) is 4.96. The number of hydrogen-bond acceptors (Lipinski definition) is 3. The lowest BCUT2D eigenvalue weighted by Crippen LogP contribution is -2.10. The van der Waals surface area contributed by atoms with Crippen molar-refractivity contribution >= 4 is 5.97 Å². The third-order valence-electron chi connectivity index (χ3n) is 2.68. The lowest BCUT2D eigenvalue weighted by molar-refractivity contribution is 0.0695. The Morgan fingerprint density at radius 1 is 1.17 bits per heavy atom. The van der Waals surface area contributed by atoms with Crippen LogP contribution in [0.1, 0.15) is 35.8 Å². The summed E-state index contributed by atoms with van der Waals surface area (Å²) in [6.45, 7) is 3.84. The van der Waals surface area contributed by atoms with E-state index in [2.05, 4.69) is 9.97 Å². The number of hydrogen-bond donors (Lipinski definition) is 1. The van der Waals surface area contributed by atoms with Crippen LogP contribution < -0.4 is 0 Å². The maximum Gasteiger partial charge on any atom is 0.339 e. The highest BCUT2D eigenvalue weighted by Crippen LogP contribution is 2.26. The maximum atomic E-state index is 11.4. The van der Waals surface area contributed by atoms with Gasteiger partial charge in [0.15, 0.2) is 0 Å². The van der Waals surface area contributed by atoms with E-state index in [0.29, 0.717) is 11.4 Å². The smallest absolute Gasteiger partial charge is 0.339 e. The highest BCUT2D eigenvalue weighted by Gasteiger charge is 2.20. The van der Waals surface area contributed by atoms with Crippen LogP contribution in [0.15, 0.2) is 36.7 Å². The van der Waals surface area contributed by atoms with Crippen LogP contribution in [0.4, 0.5) is 0 Å². The van der Waals surface area contributed by atoms with Gasteiger partial charge >= 0.3 is 5.97 Å². The zero-order valence-corrected chi connectivity index (χ0v) is 10.3. The van der Waals surface area contributed by atoms with E-state index in [-0.39, 0.29) is 11.5 Å². The average molecular weight is 242 g/mol. The zero-order valence-electron chi connectivity index (χ0n) is 10.3. The molecule has 0 aliphatic rings. The third-order valence-corrected chi connectivity index (χ3v) is 2.68. The number of rotatable bonds is 3. The van der Waals surface area contributed by atoms with Crippen LogP contribution in [0, 0.1) is 0 Å². The standard InChI is InChI=1S/C14H14N2O2/c1-9(2)12-11(14(17)18)13(16-8-15-12)10-6-4-3-5-7-10/h3-9H,1-2H3,(H,17,18). The van der Waals surface area contributed by atoms with Crippen molar-refractivity contribution in [3.05, 3.63) is 47.9 Å². The van der Waals surface area contributed by atoms with Gasteiger partial charge in [-0.3, -0.25) is 0 Å². The van der Waals surface area contributed by atoms with E-state index in [0.717, 1.165) is 5.56 Å². The van der Waals surface area contributed by atoms with E-state index in [1.54, 1.807) is 0 Å². The minimum atomic E-state index is -0.988. The second-order valence-electron chi connectivity index (χ2n) is 4.31. The molecule has 18 heavy (non-hydrogen) atoms. The van der Waals surface area contributed by atoms with Crippen molar-refractivity contribution in [1.82, 2.24) is 9.97 Å². The van der Waals surface area contributed by atoms with Crippen LogP contribution in [0.25, 0.3) is 11.3 Å². The molecule has 1 heterocycles. The summed E-state index contributed by atoms with van der Waals surface area (Å²) in [6.07, 6.45) is 1.42. The molecule has 0 fully saturated rings. The average Bonchev–Trinajstić information content (AvgIpc) is 2.38. The number of benzene rings is 1. The molecule has 1 N–H and O–H groups in total. The van der Waals surface area contributed by atoms with Gasteiger partial charge in [0.05, 0.1) is 11.4 Å². The van der Waals surface area contributed by atoms with E-state index >= 15 is 0 Å². The van der Waals surface area contributed by atoms with Crippen molar-refractivity contribution in [1.29, 1.82) is 0 Å². The number of carbonyl (C=O) groups is 1. The fourth-order valence-corrected chi connectivity index (χ4v) is 1.86. The number of aromatic carboxylic acids is 1. The molecule has 0 atom stereocenters. The van der Waals surface area contributed by atoms with E-state index < -0.39 is 5.97 Å². The van der Waals surface area contributed by atoms with Crippen molar-refractivity contribution < 1.29 is 9.90 Å². The largest absolute Gasteiger partial charge is 0.478 e. The molecule has 92 valence electrons. The van der Waals surface area contributed by atoms with Crippen molar-refractivity contribution in [2.45, 2.75) is 19.8 Å². The Morgan fingerprint density at radius 2 is 1.83 bits per heavy atom. The summed E-state index contributed by atoms with van der Waals surface area (Å²) < 4.78 is 0. The third kappa shape index (κ3) is 2.22. The molecule has 2 aromatic rings. The molecular weight excluding hydrogens is 228 g/mol. The van der Waals surface area contributed by atoms with Gasteiger partial charge in [-0.1, -0.05) is 44.2 Å². The monoisotopic (exact) mass is 242 g/mol. The van der Waals surface area contributed by atoms with Crippen LogP contribution in [0.2, 0.25) is 0 Å². The molecule has 0 spiro atoms. The Morgan fingerprint density at radius 3 is 2.39 bits per heavy atom. The molecule has 1 aromatic heterocycles. The first-order valence-corrected chi connectivity index (χ1v) is 5.75. The van der Waals surface area contributed by atoms with Gasteiger partial charge in [0.2, 0.25) is 0 Å². The van der Waals surface area contributed by atoms with Crippen LogP contribution >= 0.6 is 0 Å². The van der Waals surface area contributed by atoms with Gasteiger partial charge in [-0.2, -0.15) is 0 Å². The van der Waals surface area contributed by atoms with Crippen molar-refractivity contribution in [2.24, 2.45) is 0 Å². The maximum absolute atomic E-state index is 11.4. The molecular formula is C14H14N2O2. The quantitative estimate of drug-likeness (QED) is 0.898. The first-order valence-electron chi connectivity index (χ1n) is 5.75. The van der Waals surface area contributed by atoms with Crippen LogP contribution in [0.3, 0.4) is 0 Å². The van der Waals surface area contributed by atoms with E-state index in [4.69, 9.17) is 0 Å². The minimum absolute atomic E-state index is 0.0431. The summed E-state index contributed by atoms with van der Waals surface area (Å²) in [5.41, 5.74) is 2.02. The van der Waals surface area contributed by atoms with Crippen LogP contribution in [-0.2, 0) is 0 Å². The van der Waals surface area contributed by atoms with Gasteiger partial charge in [0.25, 0.3) is 0 Å². The molecule has 4 heteroatoms. The lowest BCUT2D eigenvalue weighted by atomic mass is 9.99. The SMILES string of the molecule is CC(C)c1ncnc(-c2ccccc2)c1C(=O)O. The highest BCUT2D eigenvalue weighted by molar-refractivity contribution is 5.96. The summed E-state index contributed by atoms with van der Waals surface area (Å²) in [4.78, 5) is 19.7. The van der Waals surface area contributed by atoms with Gasteiger partial charge in [0.1, 0.15) is 11.9 Å². The molecule has 0 radical (unpaired) electrons. The Balaban J connectivity index is 2.68. The topological polar surface area (TPSA) is 63.1 Å². The van der Waals surface area contributed by atoms with Crippen molar-refractivity contribution in [3.8, 4) is 11.3 Å². The van der Waals surface area contributed by atoms with Gasteiger partial charge < -0.3 is 5.11 Å². The fraction of sp³-hybridized carbons (Fsp3) is 0.214. The molecule has 4 nitrogen and oxygen atoms in total. The van der Waals surface area contributed by atoms with Crippen LogP contribution in [-0.4, -0.2) is 21.0 Å². The molecule has 0 aliphatic heterocycles. The predicted octanol–water partition coefficient (Wildman–Crippen LogP) is 2.97. The fourth-order valence-electron chi connectivity index (χ4n) is 1.86. The molecule has 0 unspecified atom stereocenters. The number of nitrogens with zero attached hydrogens (tertiary/aromatic N) is 2. The Kier molecular flexibility index (Phi) is 3.37. The highest BCUT2D eigenvalue weighted by atomic mass is 16.4. The normalized spacial score (nSPS) is 10.6. The summed E-state index contributed by atoms with van der Waals surface area (Å²) in [6, 6.07) is 9.29. The second-order valence-corrected chi connectivity index (χ2v) is 4.31. The predicted molar refractivity (Wildman–Crippen MR) is 68.5 cm³/mol. The van der Waals surface area contributed by atoms with E-state index in [1.807, 2.05) is 44.2 Å². The summed E-state index contributed by atoms with van der Waals surface area (Å²) in [5.74, 6) is -0.945. The Bertz CT molecular complexity index is 565. The summed E-state index contributed by atoms with van der Waals surface area (Å²) in [7, 11) is 0. The number of aromatic nitrogens is 2. The Labute approximate surface area is 105 Å². The molecule has 0 saturated carbocycles. The molecule has 2 rings (SSSR count). The van der Waals surface area contributed by atoms with Gasteiger partial charge in [-0.05, 0) is 5.92 Å². The first kappa shape index (κ1) is 12.2.